The Kier molecular flexibility index (Phi) is 6.36. The Bertz CT molecular complexity index is 882. The van der Waals surface area contributed by atoms with E-state index in [0.29, 0.717) is 28.6 Å². The average Bonchev–Trinajstić information content (AvgIpc) is 3.39. The first-order valence-corrected chi connectivity index (χ1v) is 10.2. The van der Waals surface area contributed by atoms with Crippen LogP contribution in [0.5, 0.6) is 0 Å². The second-order valence-electron chi connectivity index (χ2n) is 6.93. The molecule has 1 aliphatic carbocycles. The van der Waals surface area contributed by atoms with Gasteiger partial charge in [0.15, 0.2) is 0 Å². The highest BCUT2D eigenvalue weighted by Gasteiger charge is 2.39. The van der Waals surface area contributed by atoms with Crippen LogP contribution in [0.25, 0.3) is 0 Å². The number of thioether (sulfide) groups is 1. The number of hydrogen-bond donors (Lipinski definition) is 3. The molecule has 0 aliphatic heterocycles. The predicted molar refractivity (Wildman–Crippen MR) is 111 cm³/mol. The molecule has 1 fully saturated rings. The number of anilines is 2. The maximum absolute atomic E-state index is 12.4. The van der Waals surface area contributed by atoms with E-state index >= 15 is 0 Å². The van der Waals surface area contributed by atoms with E-state index in [-0.39, 0.29) is 23.5 Å². The molecule has 1 saturated carbocycles. The number of carboxylic acid groups (broad SMARTS) is 1. The van der Waals surface area contributed by atoms with Gasteiger partial charge in [0.2, 0.25) is 5.91 Å². The van der Waals surface area contributed by atoms with E-state index in [0.717, 1.165) is 12.0 Å². The normalized spacial score (nSPS) is 17.6. The van der Waals surface area contributed by atoms with Crippen molar-refractivity contribution in [3.63, 3.8) is 0 Å². The minimum Gasteiger partial charge on any atom is -0.481 e. The highest BCUT2D eigenvalue weighted by molar-refractivity contribution is 7.99. The van der Waals surface area contributed by atoms with Crippen molar-refractivity contribution >= 4 is 40.9 Å². The van der Waals surface area contributed by atoms with Gasteiger partial charge in [0.05, 0.1) is 5.75 Å². The fourth-order valence-corrected chi connectivity index (χ4v) is 3.52. The van der Waals surface area contributed by atoms with Gasteiger partial charge in [-0.25, -0.2) is 0 Å². The summed E-state index contributed by atoms with van der Waals surface area (Å²) in [5, 5.41) is 14.4. The van der Waals surface area contributed by atoms with Gasteiger partial charge in [-0.1, -0.05) is 19.1 Å². The van der Waals surface area contributed by atoms with Crippen LogP contribution in [0.1, 0.15) is 29.3 Å². The molecular weight excluding hydrogens is 376 g/mol. The zero-order valence-electron chi connectivity index (χ0n) is 15.5. The van der Waals surface area contributed by atoms with Crippen LogP contribution < -0.4 is 10.6 Å². The van der Waals surface area contributed by atoms with Gasteiger partial charge in [-0.05, 0) is 54.3 Å². The molecule has 0 heterocycles. The SMILES string of the molecule is CC1CC1C(=O)Nc1ccc(C(=O)Nc2cccc(CSCC(=O)O)c2)cc1. The van der Waals surface area contributed by atoms with E-state index in [1.54, 1.807) is 30.3 Å². The van der Waals surface area contributed by atoms with Crippen molar-refractivity contribution in [1.29, 1.82) is 0 Å². The molecule has 2 aromatic rings. The lowest BCUT2D eigenvalue weighted by atomic mass is 10.1. The number of aliphatic carboxylic acids is 1. The number of carbonyl (C=O) groups excluding carboxylic acids is 2. The lowest BCUT2D eigenvalue weighted by Gasteiger charge is -2.09. The van der Waals surface area contributed by atoms with E-state index in [9.17, 15) is 14.4 Å². The van der Waals surface area contributed by atoms with E-state index in [2.05, 4.69) is 17.6 Å². The quantitative estimate of drug-likeness (QED) is 0.628. The van der Waals surface area contributed by atoms with Crippen molar-refractivity contribution in [3.05, 3.63) is 59.7 Å². The van der Waals surface area contributed by atoms with E-state index in [4.69, 9.17) is 5.11 Å². The number of benzene rings is 2. The second kappa shape index (κ2) is 8.93. The summed E-state index contributed by atoms with van der Waals surface area (Å²) in [5.74, 6) is 0.0858. The zero-order chi connectivity index (χ0) is 20.1. The monoisotopic (exact) mass is 398 g/mol. The average molecular weight is 398 g/mol. The van der Waals surface area contributed by atoms with E-state index in [1.165, 1.54) is 11.8 Å². The Labute approximate surface area is 167 Å². The number of carboxylic acids is 1. The Morgan fingerprint density at radius 3 is 2.43 bits per heavy atom. The summed E-state index contributed by atoms with van der Waals surface area (Å²) in [5.41, 5.74) is 2.76. The van der Waals surface area contributed by atoms with Gasteiger partial charge in [-0.3, -0.25) is 14.4 Å². The summed E-state index contributed by atoms with van der Waals surface area (Å²) < 4.78 is 0. The largest absolute Gasteiger partial charge is 0.481 e. The molecule has 2 atom stereocenters. The van der Waals surface area contributed by atoms with Crippen LogP contribution in [0, 0.1) is 11.8 Å². The summed E-state index contributed by atoms with van der Waals surface area (Å²) in [6.07, 6.45) is 0.931. The molecule has 7 heteroatoms. The molecule has 0 aromatic heterocycles. The maximum Gasteiger partial charge on any atom is 0.313 e. The number of nitrogens with one attached hydrogen (secondary N) is 2. The molecular formula is C21H22N2O4S. The van der Waals surface area contributed by atoms with Crippen LogP contribution >= 0.6 is 11.8 Å². The standard InChI is InChI=1S/C21H22N2O4S/c1-13-9-18(13)21(27)22-16-7-5-15(6-8-16)20(26)23-17-4-2-3-14(10-17)11-28-12-19(24)25/h2-8,10,13,18H,9,11-12H2,1H3,(H,22,27)(H,23,26)(H,24,25). The summed E-state index contributed by atoms with van der Waals surface area (Å²) in [6.45, 7) is 2.05. The third kappa shape index (κ3) is 5.60. The highest BCUT2D eigenvalue weighted by atomic mass is 32.2. The smallest absolute Gasteiger partial charge is 0.313 e. The number of carbonyl (C=O) groups is 3. The van der Waals surface area contributed by atoms with Crippen LogP contribution in [0.3, 0.4) is 0 Å². The fraction of sp³-hybridized carbons (Fsp3) is 0.286. The molecule has 2 unspecified atom stereocenters. The van der Waals surface area contributed by atoms with Gasteiger partial charge in [0, 0.05) is 28.6 Å². The van der Waals surface area contributed by atoms with Crippen LogP contribution in [-0.4, -0.2) is 28.6 Å². The maximum atomic E-state index is 12.4. The summed E-state index contributed by atoms with van der Waals surface area (Å²) in [6, 6.07) is 14.1. The predicted octanol–water partition coefficient (Wildman–Crippen LogP) is 3.85. The Morgan fingerprint density at radius 1 is 1.07 bits per heavy atom. The summed E-state index contributed by atoms with van der Waals surface area (Å²) in [7, 11) is 0. The Hall–Kier alpha value is -2.80. The molecule has 146 valence electrons. The molecule has 3 rings (SSSR count). The molecule has 0 saturated heterocycles. The molecule has 2 amide bonds. The van der Waals surface area contributed by atoms with Crippen molar-refractivity contribution in [2.75, 3.05) is 16.4 Å². The van der Waals surface area contributed by atoms with Gasteiger partial charge in [-0.2, -0.15) is 0 Å². The van der Waals surface area contributed by atoms with Crippen LogP contribution in [0.2, 0.25) is 0 Å². The van der Waals surface area contributed by atoms with Gasteiger partial charge < -0.3 is 15.7 Å². The minimum atomic E-state index is -0.847. The third-order valence-electron chi connectivity index (χ3n) is 4.54. The van der Waals surface area contributed by atoms with E-state index in [1.807, 2.05) is 18.2 Å². The fourth-order valence-electron chi connectivity index (χ4n) is 2.83. The van der Waals surface area contributed by atoms with Gasteiger partial charge in [0.25, 0.3) is 5.91 Å². The number of amides is 2. The first-order chi connectivity index (χ1) is 13.4. The Balaban J connectivity index is 1.55. The molecule has 2 aromatic carbocycles. The van der Waals surface area contributed by atoms with Crippen LogP contribution in [-0.2, 0) is 15.3 Å². The van der Waals surface area contributed by atoms with Crippen molar-refractivity contribution in [2.24, 2.45) is 11.8 Å². The first kappa shape index (κ1) is 19.9. The minimum absolute atomic E-state index is 0.0299. The molecule has 0 radical (unpaired) electrons. The van der Waals surface area contributed by atoms with E-state index < -0.39 is 5.97 Å². The van der Waals surface area contributed by atoms with Crippen molar-refractivity contribution < 1.29 is 19.5 Å². The van der Waals surface area contributed by atoms with Crippen molar-refractivity contribution in [2.45, 2.75) is 19.1 Å². The van der Waals surface area contributed by atoms with Crippen molar-refractivity contribution in [3.8, 4) is 0 Å². The third-order valence-corrected chi connectivity index (χ3v) is 5.53. The summed E-state index contributed by atoms with van der Waals surface area (Å²) >= 11 is 1.30. The molecule has 0 spiro atoms. The molecule has 28 heavy (non-hydrogen) atoms. The van der Waals surface area contributed by atoms with Crippen molar-refractivity contribution in [1.82, 2.24) is 0 Å². The molecule has 6 nitrogen and oxygen atoms in total. The lowest BCUT2D eigenvalue weighted by Crippen LogP contribution is -2.15. The topological polar surface area (TPSA) is 95.5 Å². The number of rotatable bonds is 8. The first-order valence-electron chi connectivity index (χ1n) is 9.03. The second-order valence-corrected chi connectivity index (χ2v) is 7.91. The highest BCUT2D eigenvalue weighted by Crippen LogP contribution is 2.38. The van der Waals surface area contributed by atoms with Crippen LogP contribution in [0.15, 0.2) is 48.5 Å². The molecule has 0 bridgehead atoms. The van der Waals surface area contributed by atoms with Gasteiger partial charge in [0.1, 0.15) is 0 Å². The lowest BCUT2D eigenvalue weighted by molar-refractivity contribution is -0.133. The van der Waals surface area contributed by atoms with Crippen LogP contribution in [0.4, 0.5) is 11.4 Å². The van der Waals surface area contributed by atoms with Gasteiger partial charge >= 0.3 is 5.97 Å². The van der Waals surface area contributed by atoms with Gasteiger partial charge in [-0.15, -0.1) is 11.8 Å². The zero-order valence-corrected chi connectivity index (χ0v) is 16.3. The summed E-state index contributed by atoms with van der Waals surface area (Å²) in [4.78, 5) is 35.0. The molecule has 1 aliphatic rings. The number of hydrogen-bond acceptors (Lipinski definition) is 4. The Morgan fingerprint density at radius 2 is 1.79 bits per heavy atom. The molecule has 3 N–H and O–H groups in total.